The lowest BCUT2D eigenvalue weighted by Crippen LogP contribution is -2.47. The number of halogens is 5. The van der Waals surface area contributed by atoms with Crippen molar-refractivity contribution in [2.45, 2.75) is 23.5 Å². The highest BCUT2D eigenvalue weighted by molar-refractivity contribution is 7.89. The second kappa shape index (κ2) is 7.59. The molecule has 0 aliphatic heterocycles. The Morgan fingerprint density at radius 3 is 2.46 bits per heavy atom. The van der Waals surface area contributed by atoms with Crippen LogP contribution in [0.4, 0.5) is 13.2 Å². The second-order valence-electron chi connectivity index (χ2n) is 6.22. The summed E-state index contributed by atoms with van der Waals surface area (Å²) in [4.78, 5) is 2.46. The van der Waals surface area contributed by atoms with Crippen LogP contribution in [0.5, 0.6) is 0 Å². The fourth-order valence-corrected chi connectivity index (χ4v) is 5.05. The minimum absolute atomic E-state index is 0.178. The highest BCUT2D eigenvalue weighted by atomic mass is 35.5. The molecule has 0 fully saturated rings. The third kappa shape index (κ3) is 4.00. The van der Waals surface area contributed by atoms with Gasteiger partial charge in [-0.15, -0.1) is 0 Å². The first-order chi connectivity index (χ1) is 13.0. The third-order valence-electron chi connectivity index (χ3n) is 4.46. The molecule has 1 atom stereocenters. The Labute approximate surface area is 169 Å². The number of nitrogens with one attached hydrogen (secondary N) is 1. The lowest BCUT2D eigenvalue weighted by molar-refractivity contribution is -0.168. The number of sulfonamides is 1. The number of hydrogen-bond donors (Lipinski definition) is 1. The summed E-state index contributed by atoms with van der Waals surface area (Å²) in [5, 5.41) is 0.539. The maximum Gasteiger partial charge on any atom is 0.405 e. The number of likely N-dealkylation sites (N-methyl/N-ethyl adjacent to an activating group) is 1. The molecule has 1 unspecified atom stereocenters. The Morgan fingerprint density at radius 2 is 1.82 bits per heavy atom. The van der Waals surface area contributed by atoms with Crippen molar-refractivity contribution in [2.24, 2.45) is 0 Å². The molecule has 3 aromatic rings. The minimum Gasteiger partial charge on any atom is -0.361 e. The second-order valence-corrected chi connectivity index (χ2v) is 9.03. The van der Waals surface area contributed by atoms with Crippen LogP contribution in [0.15, 0.2) is 53.6 Å². The van der Waals surface area contributed by atoms with Gasteiger partial charge in [-0.1, -0.05) is 41.4 Å². The standard InChI is InChI=1S/C18H15Cl2F3N2O2S/c1-25(28(26,27)16-7-6-12(19)9-14(16)20)17(18(21,22)23)8-11-10-24-15-5-3-2-4-13(11)15/h2-7,9-10,17,24H,8H2,1H3. The first-order valence-electron chi connectivity index (χ1n) is 8.06. The molecule has 2 aromatic carbocycles. The Hall–Kier alpha value is -1.74. The fourth-order valence-electron chi connectivity index (χ4n) is 2.97. The molecule has 150 valence electrons. The van der Waals surface area contributed by atoms with Crippen molar-refractivity contribution in [1.82, 2.24) is 9.29 Å². The number of rotatable bonds is 5. The van der Waals surface area contributed by atoms with Crippen LogP contribution in [0.1, 0.15) is 5.56 Å². The van der Waals surface area contributed by atoms with Gasteiger partial charge >= 0.3 is 6.18 Å². The van der Waals surface area contributed by atoms with E-state index in [2.05, 4.69) is 4.98 Å². The summed E-state index contributed by atoms with van der Waals surface area (Å²) in [5.74, 6) is 0. The predicted molar refractivity (Wildman–Crippen MR) is 103 cm³/mol. The van der Waals surface area contributed by atoms with E-state index in [4.69, 9.17) is 23.2 Å². The van der Waals surface area contributed by atoms with Crippen molar-refractivity contribution in [3.05, 3.63) is 64.3 Å². The monoisotopic (exact) mass is 450 g/mol. The normalized spacial score (nSPS) is 14.0. The Kier molecular flexibility index (Phi) is 5.69. The number of benzene rings is 2. The molecule has 0 amide bonds. The molecule has 1 N–H and O–H groups in total. The Balaban J connectivity index is 2.02. The van der Waals surface area contributed by atoms with Crippen molar-refractivity contribution in [2.75, 3.05) is 7.05 Å². The molecule has 4 nitrogen and oxygen atoms in total. The summed E-state index contributed by atoms with van der Waals surface area (Å²) in [5.41, 5.74) is 1.03. The zero-order valence-corrected chi connectivity index (χ0v) is 16.8. The molecule has 0 aliphatic carbocycles. The van der Waals surface area contributed by atoms with E-state index in [0.29, 0.717) is 20.8 Å². The number of nitrogens with zero attached hydrogens (tertiary/aromatic N) is 1. The Bertz CT molecular complexity index is 1110. The van der Waals surface area contributed by atoms with Crippen LogP contribution in [0.3, 0.4) is 0 Å². The van der Waals surface area contributed by atoms with Crippen molar-refractivity contribution < 1.29 is 21.6 Å². The van der Waals surface area contributed by atoms with Gasteiger partial charge in [-0.3, -0.25) is 0 Å². The maximum absolute atomic E-state index is 13.8. The number of alkyl halides is 3. The molecule has 0 saturated carbocycles. The average Bonchev–Trinajstić information content (AvgIpc) is 3.01. The maximum atomic E-state index is 13.8. The number of aromatic amines is 1. The molecule has 3 rings (SSSR count). The quantitative estimate of drug-likeness (QED) is 0.575. The van der Waals surface area contributed by atoms with E-state index in [0.717, 1.165) is 13.1 Å². The highest BCUT2D eigenvalue weighted by Gasteiger charge is 2.47. The van der Waals surface area contributed by atoms with Gasteiger partial charge in [0, 0.05) is 29.2 Å². The molecule has 1 aromatic heterocycles. The van der Waals surface area contributed by atoms with Gasteiger partial charge in [0.15, 0.2) is 0 Å². The fraction of sp³-hybridized carbons (Fsp3) is 0.222. The lowest BCUT2D eigenvalue weighted by atomic mass is 10.0. The molecular formula is C18H15Cl2F3N2O2S. The van der Waals surface area contributed by atoms with E-state index in [1.54, 1.807) is 24.3 Å². The molecule has 0 bridgehead atoms. The Morgan fingerprint density at radius 1 is 1.14 bits per heavy atom. The topological polar surface area (TPSA) is 53.2 Å². The molecule has 0 radical (unpaired) electrons. The zero-order valence-electron chi connectivity index (χ0n) is 14.5. The van der Waals surface area contributed by atoms with E-state index in [1.165, 1.54) is 18.3 Å². The summed E-state index contributed by atoms with van der Waals surface area (Å²) in [7, 11) is -3.62. The van der Waals surface area contributed by atoms with Crippen molar-refractivity contribution in [3.63, 3.8) is 0 Å². The van der Waals surface area contributed by atoms with Crippen LogP contribution in [0.2, 0.25) is 10.0 Å². The molecule has 1 heterocycles. The number of H-pyrrole nitrogens is 1. The molecule has 10 heteroatoms. The number of para-hydroxylation sites is 1. The largest absolute Gasteiger partial charge is 0.405 e. The molecule has 0 saturated heterocycles. The molecule has 0 spiro atoms. The summed E-state index contributed by atoms with van der Waals surface area (Å²) >= 11 is 11.7. The molecule has 28 heavy (non-hydrogen) atoms. The van der Waals surface area contributed by atoms with Crippen LogP contribution < -0.4 is 0 Å². The first kappa shape index (κ1) is 21.0. The van der Waals surface area contributed by atoms with Crippen molar-refractivity contribution in [3.8, 4) is 0 Å². The first-order valence-corrected chi connectivity index (χ1v) is 10.3. The predicted octanol–water partition coefficient (Wildman–Crippen LogP) is 5.27. The van der Waals surface area contributed by atoms with E-state index >= 15 is 0 Å². The van der Waals surface area contributed by atoms with Gasteiger partial charge < -0.3 is 4.98 Å². The van der Waals surface area contributed by atoms with Crippen LogP contribution >= 0.6 is 23.2 Å². The summed E-state index contributed by atoms with van der Waals surface area (Å²) in [6.45, 7) is 0. The van der Waals surface area contributed by atoms with Crippen molar-refractivity contribution >= 4 is 44.1 Å². The van der Waals surface area contributed by atoms with Gasteiger partial charge in [0.1, 0.15) is 10.9 Å². The van der Waals surface area contributed by atoms with Gasteiger partial charge in [-0.25, -0.2) is 8.42 Å². The highest BCUT2D eigenvalue weighted by Crippen LogP contribution is 2.34. The summed E-state index contributed by atoms with van der Waals surface area (Å²) < 4.78 is 67.4. The molecular weight excluding hydrogens is 436 g/mol. The van der Waals surface area contributed by atoms with Crippen LogP contribution in [-0.2, 0) is 16.4 Å². The minimum atomic E-state index is -4.79. The van der Waals surface area contributed by atoms with Gasteiger partial charge in [-0.05, 0) is 36.2 Å². The number of hydrogen-bond acceptors (Lipinski definition) is 2. The van der Waals surface area contributed by atoms with Crippen LogP contribution in [-0.4, -0.2) is 37.0 Å². The van der Waals surface area contributed by atoms with Gasteiger partial charge in [0.2, 0.25) is 10.0 Å². The third-order valence-corrected chi connectivity index (χ3v) is 7.04. The van der Waals surface area contributed by atoms with Gasteiger partial charge in [0.05, 0.1) is 5.02 Å². The lowest BCUT2D eigenvalue weighted by Gasteiger charge is -2.29. The number of aromatic nitrogens is 1. The van der Waals surface area contributed by atoms with E-state index in [1.807, 2.05) is 0 Å². The average molecular weight is 451 g/mol. The summed E-state index contributed by atoms with van der Waals surface area (Å²) in [6.07, 6.45) is -3.88. The van der Waals surface area contributed by atoms with E-state index in [9.17, 15) is 21.6 Å². The van der Waals surface area contributed by atoms with E-state index < -0.39 is 33.6 Å². The smallest absolute Gasteiger partial charge is 0.361 e. The summed E-state index contributed by atoms with van der Waals surface area (Å²) in [6, 6.07) is 8.12. The van der Waals surface area contributed by atoms with Gasteiger partial charge in [-0.2, -0.15) is 17.5 Å². The van der Waals surface area contributed by atoms with Crippen LogP contribution in [0, 0.1) is 0 Å². The SMILES string of the molecule is CN(C(Cc1c[nH]c2ccccc12)C(F)(F)F)S(=O)(=O)c1ccc(Cl)cc1Cl. The van der Waals surface area contributed by atoms with E-state index in [-0.39, 0.29) is 10.0 Å². The zero-order chi connectivity index (χ0) is 20.7. The van der Waals surface area contributed by atoms with Crippen molar-refractivity contribution in [1.29, 1.82) is 0 Å². The number of fused-ring (bicyclic) bond motifs is 1. The van der Waals surface area contributed by atoms with Crippen LogP contribution in [0.25, 0.3) is 10.9 Å². The van der Waals surface area contributed by atoms with Gasteiger partial charge in [0.25, 0.3) is 0 Å². The molecule has 0 aliphatic rings.